The van der Waals surface area contributed by atoms with Gasteiger partial charge in [-0.2, -0.15) is 0 Å². The first-order chi connectivity index (χ1) is 7.59. The molecule has 0 fully saturated rings. The summed E-state index contributed by atoms with van der Waals surface area (Å²) in [6.07, 6.45) is 0. The van der Waals surface area contributed by atoms with Gasteiger partial charge in [-0.3, -0.25) is 0 Å². The van der Waals surface area contributed by atoms with E-state index >= 15 is 0 Å². The lowest BCUT2D eigenvalue weighted by molar-refractivity contribution is 0.631. The number of nitrogens with zero attached hydrogens (tertiary/aromatic N) is 1. The predicted molar refractivity (Wildman–Crippen MR) is 66.3 cm³/mol. The number of thiazole rings is 1. The van der Waals surface area contributed by atoms with E-state index in [0.717, 1.165) is 15.6 Å². The van der Waals surface area contributed by atoms with Crippen LogP contribution in [0.15, 0.2) is 24.3 Å². The molecule has 0 aliphatic rings. The van der Waals surface area contributed by atoms with Gasteiger partial charge in [-0.1, -0.05) is 32.0 Å². The van der Waals surface area contributed by atoms with Crippen molar-refractivity contribution in [2.75, 3.05) is 0 Å². The fraction of sp³-hybridized carbons (Fsp3) is 0.308. The topological polar surface area (TPSA) is 12.9 Å². The molecule has 1 aromatic carbocycles. The van der Waals surface area contributed by atoms with E-state index in [1.165, 1.54) is 6.07 Å². The van der Waals surface area contributed by atoms with Gasteiger partial charge in [0, 0.05) is 5.56 Å². The molecule has 0 saturated heterocycles. The van der Waals surface area contributed by atoms with Crippen molar-refractivity contribution in [1.29, 1.82) is 0 Å². The summed E-state index contributed by atoms with van der Waals surface area (Å²) in [4.78, 5) is 5.44. The minimum absolute atomic E-state index is 0.173. The second kappa shape index (κ2) is 4.34. The van der Waals surface area contributed by atoms with Crippen LogP contribution in [0.5, 0.6) is 0 Å². The van der Waals surface area contributed by atoms with E-state index < -0.39 is 0 Å². The highest BCUT2D eigenvalue weighted by Gasteiger charge is 2.16. The number of aromatic nitrogens is 1. The van der Waals surface area contributed by atoms with Gasteiger partial charge in [-0.15, -0.1) is 11.3 Å². The molecule has 0 amide bonds. The SMILES string of the molecule is Cc1nc(C(C)C)c(-c2ccccc2F)s1. The Balaban J connectivity index is 2.60. The molecule has 0 atom stereocenters. The first kappa shape index (κ1) is 11.3. The van der Waals surface area contributed by atoms with Crippen LogP contribution < -0.4 is 0 Å². The van der Waals surface area contributed by atoms with Crippen LogP contribution in [0.25, 0.3) is 10.4 Å². The third-order valence-corrected chi connectivity index (χ3v) is 3.45. The zero-order valence-electron chi connectivity index (χ0n) is 9.62. The van der Waals surface area contributed by atoms with Gasteiger partial charge >= 0.3 is 0 Å². The Morgan fingerprint density at radius 2 is 1.94 bits per heavy atom. The van der Waals surface area contributed by atoms with Crippen LogP contribution in [0, 0.1) is 12.7 Å². The molecule has 3 heteroatoms. The first-order valence-corrected chi connectivity index (χ1v) is 6.13. The van der Waals surface area contributed by atoms with E-state index in [-0.39, 0.29) is 5.82 Å². The standard InChI is InChI=1S/C13H14FNS/c1-8(2)12-13(16-9(3)15-12)10-6-4-5-7-11(10)14/h4-8H,1-3H3. The molecule has 1 heterocycles. The molecular weight excluding hydrogens is 221 g/mol. The van der Waals surface area contributed by atoms with Crippen molar-refractivity contribution in [3.8, 4) is 10.4 Å². The average molecular weight is 235 g/mol. The quantitative estimate of drug-likeness (QED) is 0.752. The Hall–Kier alpha value is -1.22. The molecule has 0 spiro atoms. The van der Waals surface area contributed by atoms with Gasteiger partial charge in [-0.25, -0.2) is 9.37 Å². The number of halogens is 1. The summed E-state index contributed by atoms with van der Waals surface area (Å²) in [5.74, 6) is 0.146. The predicted octanol–water partition coefficient (Wildman–Crippen LogP) is 4.38. The van der Waals surface area contributed by atoms with E-state index in [1.807, 2.05) is 19.1 Å². The molecule has 2 rings (SSSR count). The maximum atomic E-state index is 13.7. The first-order valence-electron chi connectivity index (χ1n) is 5.32. The van der Waals surface area contributed by atoms with Gasteiger partial charge in [0.25, 0.3) is 0 Å². The molecule has 16 heavy (non-hydrogen) atoms. The molecule has 0 radical (unpaired) electrons. The smallest absolute Gasteiger partial charge is 0.131 e. The lowest BCUT2D eigenvalue weighted by Crippen LogP contribution is -1.92. The minimum atomic E-state index is -0.173. The molecule has 0 bridgehead atoms. The normalized spacial score (nSPS) is 11.1. The van der Waals surface area contributed by atoms with Crippen LogP contribution in [0.2, 0.25) is 0 Å². The maximum absolute atomic E-state index is 13.7. The fourth-order valence-electron chi connectivity index (χ4n) is 1.67. The minimum Gasteiger partial charge on any atom is -0.246 e. The molecule has 1 nitrogen and oxygen atoms in total. The van der Waals surface area contributed by atoms with Crippen LogP contribution in [0.4, 0.5) is 4.39 Å². The summed E-state index contributed by atoms with van der Waals surface area (Å²) in [7, 11) is 0. The Labute approximate surface area is 99.0 Å². The highest BCUT2D eigenvalue weighted by Crippen LogP contribution is 2.35. The van der Waals surface area contributed by atoms with Crippen molar-refractivity contribution in [3.63, 3.8) is 0 Å². The molecule has 0 N–H and O–H groups in total. The summed E-state index contributed by atoms with van der Waals surface area (Å²) in [5, 5.41) is 0.988. The third kappa shape index (κ3) is 2.00. The van der Waals surface area contributed by atoms with Crippen LogP contribution >= 0.6 is 11.3 Å². The van der Waals surface area contributed by atoms with Crippen molar-refractivity contribution in [3.05, 3.63) is 40.8 Å². The molecule has 0 aliphatic carbocycles. The van der Waals surface area contributed by atoms with Crippen LogP contribution in [0.3, 0.4) is 0 Å². The van der Waals surface area contributed by atoms with Gasteiger partial charge in [0.1, 0.15) is 5.82 Å². The van der Waals surface area contributed by atoms with Gasteiger partial charge in [-0.05, 0) is 18.9 Å². The van der Waals surface area contributed by atoms with Crippen molar-refractivity contribution in [2.45, 2.75) is 26.7 Å². The Bertz CT molecular complexity index is 502. The number of aryl methyl sites for hydroxylation is 1. The largest absolute Gasteiger partial charge is 0.246 e. The summed E-state index contributed by atoms with van der Waals surface area (Å²) in [6.45, 7) is 6.12. The average Bonchev–Trinajstić information content (AvgIpc) is 2.61. The van der Waals surface area contributed by atoms with E-state index in [4.69, 9.17) is 0 Å². The van der Waals surface area contributed by atoms with Crippen LogP contribution in [-0.2, 0) is 0 Å². The van der Waals surface area contributed by atoms with E-state index in [9.17, 15) is 4.39 Å². The summed E-state index contributed by atoms with van der Waals surface area (Å²) < 4.78 is 13.7. The number of benzene rings is 1. The second-order valence-electron chi connectivity index (χ2n) is 4.08. The van der Waals surface area contributed by atoms with Gasteiger partial charge in [0.2, 0.25) is 0 Å². The molecule has 1 aromatic heterocycles. The monoisotopic (exact) mass is 235 g/mol. The van der Waals surface area contributed by atoms with Crippen molar-refractivity contribution < 1.29 is 4.39 Å². The lowest BCUT2D eigenvalue weighted by atomic mass is 10.1. The number of rotatable bonds is 2. The Morgan fingerprint density at radius 3 is 2.56 bits per heavy atom. The molecule has 0 aliphatic heterocycles. The van der Waals surface area contributed by atoms with Gasteiger partial charge in [0.05, 0.1) is 15.6 Å². The summed E-state index contributed by atoms with van der Waals surface area (Å²) >= 11 is 1.56. The van der Waals surface area contributed by atoms with Gasteiger partial charge in [0.15, 0.2) is 0 Å². The zero-order chi connectivity index (χ0) is 11.7. The summed E-state index contributed by atoms with van der Waals surface area (Å²) in [6, 6.07) is 6.88. The highest BCUT2D eigenvalue weighted by atomic mass is 32.1. The zero-order valence-corrected chi connectivity index (χ0v) is 10.4. The molecule has 0 saturated carbocycles. The molecule has 84 valence electrons. The second-order valence-corrected chi connectivity index (χ2v) is 5.28. The van der Waals surface area contributed by atoms with Crippen LogP contribution in [0.1, 0.15) is 30.5 Å². The van der Waals surface area contributed by atoms with Gasteiger partial charge < -0.3 is 0 Å². The van der Waals surface area contributed by atoms with Crippen molar-refractivity contribution in [1.82, 2.24) is 4.98 Å². The number of hydrogen-bond donors (Lipinski definition) is 0. The molecule has 0 unspecified atom stereocenters. The lowest BCUT2D eigenvalue weighted by Gasteiger charge is -2.05. The van der Waals surface area contributed by atoms with Crippen molar-refractivity contribution in [2.24, 2.45) is 0 Å². The van der Waals surface area contributed by atoms with Crippen molar-refractivity contribution >= 4 is 11.3 Å². The van der Waals surface area contributed by atoms with E-state index in [0.29, 0.717) is 11.5 Å². The fourth-order valence-corrected chi connectivity index (χ4v) is 2.77. The molecule has 2 aromatic rings. The molecular formula is C13H14FNS. The number of hydrogen-bond acceptors (Lipinski definition) is 2. The third-order valence-electron chi connectivity index (χ3n) is 2.43. The summed E-state index contributed by atoms with van der Waals surface area (Å²) in [5.41, 5.74) is 1.66. The van der Waals surface area contributed by atoms with E-state index in [2.05, 4.69) is 18.8 Å². The highest BCUT2D eigenvalue weighted by molar-refractivity contribution is 7.15. The van der Waals surface area contributed by atoms with Crippen LogP contribution in [-0.4, -0.2) is 4.98 Å². The Kier molecular flexibility index (Phi) is 3.06. The Morgan fingerprint density at radius 1 is 1.25 bits per heavy atom. The van der Waals surface area contributed by atoms with E-state index in [1.54, 1.807) is 17.4 Å². The maximum Gasteiger partial charge on any atom is 0.131 e.